The van der Waals surface area contributed by atoms with Gasteiger partial charge in [0, 0.05) is 29.7 Å². The third kappa shape index (κ3) is 4.73. The Morgan fingerprint density at radius 2 is 1.96 bits per heavy atom. The molecule has 1 aliphatic rings. The lowest BCUT2D eigenvalue weighted by Crippen LogP contribution is -2.17. The zero-order valence-electron chi connectivity index (χ0n) is 13.3. The number of hydrogen-bond donors (Lipinski definition) is 1. The highest BCUT2D eigenvalue weighted by molar-refractivity contribution is 8.04. The van der Waals surface area contributed by atoms with Crippen molar-refractivity contribution in [1.29, 1.82) is 0 Å². The Hall–Kier alpha value is -2.54. The fourth-order valence-electron chi connectivity index (χ4n) is 1.95. The summed E-state index contributed by atoms with van der Waals surface area (Å²) in [5.74, 6) is 0.107. The van der Waals surface area contributed by atoms with Crippen molar-refractivity contribution in [3.05, 3.63) is 47.0 Å². The van der Waals surface area contributed by atoms with E-state index in [1.807, 2.05) is 0 Å². The minimum Gasteiger partial charge on any atom is -0.497 e. The molecule has 0 fully saturated rings. The van der Waals surface area contributed by atoms with Gasteiger partial charge in [0.25, 0.3) is 0 Å². The van der Waals surface area contributed by atoms with Crippen LogP contribution in [0.4, 0.5) is 5.69 Å². The first-order chi connectivity index (χ1) is 11.5. The molecule has 1 aromatic carbocycles. The van der Waals surface area contributed by atoms with E-state index < -0.39 is 0 Å². The van der Waals surface area contributed by atoms with Crippen molar-refractivity contribution in [2.45, 2.75) is 6.42 Å². The van der Waals surface area contributed by atoms with E-state index in [9.17, 15) is 14.4 Å². The van der Waals surface area contributed by atoms with Crippen LogP contribution in [0.3, 0.4) is 0 Å². The molecule has 0 atom stereocenters. The molecule has 6 nitrogen and oxygen atoms in total. The number of rotatable bonds is 7. The number of anilines is 1. The molecule has 0 spiro atoms. The first-order valence-corrected chi connectivity index (χ1v) is 8.15. The number of methoxy groups -OCH3 is 2. The largest absolute Gasteiger partial charge is 0.497 e. The molecule has 7 heteroatoms. The molecule has 0 aromatic heterocycles. The number of carbonyl (C=O) groups is 3. The zero-order chi connectivity index (χ0) is 17.5. The van der Waals surface area contributed by atoms with E-state index >= 15 is 0 Å². The van der Waals surface area contributed by atoms with Crippen molar-refractivity contribution in [3.8, 4) is 5.75 Å². The van der Waals surface area contributed by atoms with Crippen molar-refractivity contribution < 1.29 is 23.9 Å². The van der Waals surface area contributed by atoms with Crippen LogP contribution in [0.5, 0.6) is 5.75 Å². The molecule has 0 saturated carbocycles. The molecule has 0 radical (unpaired) electrons. The number of benzene rings is 1. The number of nitrogens with one attached hydrogen (secondary N) is 1. The number of thioether (sulfide) groups is 1. The van der Waals surface area contributed by atoms with Crippen molar-refractivity contribution in [3.63, 3.8) is 0 Å². The predicted molar refractivity (Wildman–Crippen MR) is 91.9 cm³/mol. The van der Waals surface area contributed by atoms with Crippen molar-refractivity contribution >= 4 is 35.0 Å². The zero-order valence-corrected chi connectivity index (χ0v) is 14.1. The van der Waals surface area contributed by atoms with Gasteiger partial charge in [0.15, 0.2) is 5.78 Å². The number of esters is 1. The summed E-state index contributed by atoms with van der Waals surface area (Å²) in [6.45, 7) is 0. The van der Waals surface area contributed by atoms with Crippen LogP contribution in [0.15, 0.2) is 47.0 Å². The second kappa shape index (κ2) is 8.35. The normalized spacial score (nSPS) is 13.9. The van der Waals surface area contributed by atoms with Gasteiger partial charge in [0.1, 0.15) is 5.75 Å². The highest BCUT2D eigenvalue weighted by Crippen LogP contribution is 2.25. The Morgan fingerprint density at radius 3 is 2.67 bits per heavy atom. The molecule has 126 valence electrons. The van der Waals surface area contributed by atoms with E-state index in [4.69, 9.17) is 4.74 Å². The van der Waals surface area contributed by atoms with Crippen LogP contribution in [-0.4, -0.2) is 37.5 Å². The highest BCUT2D eigenvalue weighted by Gasteiger charge is 2.21. The number of hydrogen-bond acceptors (Lipinski definition) is 7. The summed E-state index contributed by atoms with van der Waals surface area (Å²) in [6, 6.07) is 7.05. The molecule has 24 heavy (non-hydrogen) atoms. The molecular formula is C17H17NO5S. The van der Waals surface area contributed by atoms with Crippen LogP contribution < -0.4 is 10.1 Å². The molecule has 0 bridgehead atoms. The summed E-state index contributed by atoms with van der Waals surface area (Å²) in [7, 11) is 2.86. The number of carbonyl (C=O) groups excluding carboxylic acids is 3. The topological polar surface area (TPSA) is 81.7 Å². The molecular weight excluding hydrogens is 330 g/mol. The van der Waals surface area contributed by atoms with E-state index in [1.165, 1.54) is 19.3 Å². The third-order valence-corrected chi connectivity index (χ3v) is 4.22. The second-order valence-electron chi connectivity index (χ2n) is 4.83. The first kappa shape index (κ1) is 17.8. The van der Waals surface area contributed by atoms with E-state index in [-0.39, 0.29) is 29.7 Å². The number of ether oxygens (including phenoxy) is 2. The number of ketones is 2. The van der Waals surface area contributed by atoms with Crippen LogP contribution in [0.2, 0.25) is 0 Å². The minimum absolute atomic E-state index is 0.179. The fraction of sp³-hybridized carbons (Fsp3) is 0.235. The summed E-state index contributed by atoms with van der Waals surface area (Å²) >= 11 is 1.16. The maximum Gasteiger partial charge on any atom is 0.306 e. The van der Waals surface area contributed by atoms with Gasteiger partial charge in [-0.25, -0.2) is 0 Å². The Balaban J connectivity index is 2.00. The molecule has 1 aromatic rings. The summed E-state index contributed by atoms with van der Waals surface area (Å²) in [5, 5.41) is 2.92. The SMILES string of the molecule is COC(=O)CCSC1=CC(=O)C(Nc2cccc(OC)c2)=CC1=O. The Kier molecular flexibility index (Phi) is 6.20. The molecule has 0 heterocycles. The average molecular weight is 347 g/mol. The average Bonchev–Trinajstić information content (AvgIpc) is 2.59. The standard InChI is InChI=1S/C17H17NO5S/c1-22-12-5-3-4-11(8-12)18-13-9-15(20)16(10-14(13)19)24-7-6-17(21)23-2/h3-5,8-10,18H,6-7H2,1-2H3. The van der Waals surface area contributed by atoms with E-state index in [2.05, 4.69) is 10.1 Å². The molecule has 1 N–H and O–H groups in total. The summed E-state index contributed by atoms with van der Waals surface area (Å²) in [4.78, 5) is 35.7. The maximum atomic E-state index is 12.2. The molecule has 0 saturated heterocycles. The van der Waals surface area contributed by atoms with Crippen LogP contribution >= 0.6 is 11.8 Å². The summed E-state index contributed by atoms with van der Waals surface area (Å²) in [5.41, 5.74) is 0.850. The van der Waals surface area contributed by atoms with Crippen LogP contribution in [0.1, 0.15) is 6.42 Å². The second-order valence-corrected chi connectivity index (χ2v) is 5.96. The molecule has 2 rings (SSSR count). The molecule has 0 aliphatic heterocycles. The molecule has 0 amide bonds. The Labute approximate surface area is 143 Å². The van der Waals surface area contributed by atoms with Gasteiger partial charge in [-0.15, -0.1) is 11.8 Å². The van der Waals surface area contributed by atoms with Gasteiger partial charge < -0.3 is 14.8 Å². The van der Waals surface area contributed by atoms with Gasteiger partial charge in [0.2, 0.25) is 5.78 Å². The van der Waals surface area contributed by atoms with E-state index in [0.717, 1.165) is 11.8 Å². The van der Waals surface area contributed by atoms with Gasteiger partial charge in [-0.3, -0.25) is 14.4 Å². The van der Waals surface area contributed by atoms with Gasteiger partial charge in [-0.05, 0) is 12.1 Å². The lowest BCUT2D eigenvalue weighted by Gasteiger charge is -2.14. The van der Waals surface area contributed by atoms with Crippen molar-refractivity contribution in [2.24, 2.45) is 0 Å². The minimum atomic E-state index is -0.353. The highest BCUT2D eigenvalue weighted by atomic mass is 32.2. The van der Waals surface area contributed by atoms with E-state index in [1.54, 1.807) is 31.4 Å². The Bertz CT molecular complexity index is 723. The lowest BCUT2D eigenvalue weighted by molar-refractivity contribution is -0.140. The van der Waals surface area contributed by atoms with Crippen LogP contribution in [0, 0.1) is 0 Å². The Morgan fingerprint density at radius 1 is 1.17 bits per heavy atom. The smallest absolute Gasteiger partial charge is 0.306 e. The third-order valence-electron chi connectivity index (χ3n) is 3.19. The van der Waals surface area contributed by atoms with Crippen LogP contribution in [0.25, 0.3) is 0 Å². The fourth-order valence-corrected chi connectivity index (χ4v) is 2.83. The van der Waals surface area contributed by atoms with Gasteiger partial charge >= 0.3 is 5.97 Å². The van der Waals surface area contributed by atoms with Crippen molar-refractivity contribution in [1.82, 2.24) is 0 Å². The van der Waals surface area contributed by atoms with Gasteiger partial charge in [0.05, 0.1) is 31.2 Å². The maximum absolute atomic E-state index is 12.2. The van der Waals surface area contributed by atoms with Gasteiger partial charge in [-0.2, -0.15) is 0 Å². The first-order valence-electron chi connectivity index (χ1n) is 7.16. The monoisotopic (exact) mass is 347 g/mol. The van der Waals surface area contributed by atoms with Crippen molar-refractivity contribution in [2.75, 3.05) is 25.3 Å². The quantitative estimate of drug-likeness (QED) is 0.599. The lowest BCUT2D eigenvalue weighted by atomic mass is 10.1. The summed E-state index contributed by atoms with van der Waals surface area (Å²) in [6.07, 6.45) is 2.73. The number of allylic oxidation sites excluding steroid dienone is 3. The summed E-state index contributed by atoms with van der Waals surface area (Å²) < 4.78 is 9.65. The molecule has 0 unspecified atom stereocenters. The van der Waals surface area contributed by atoms with E-state index in [0.29, 0.717) is 22.1 Å². The predicted octanol–water partition coefficient (Wildman–Crippen LogP) is 2.32. The van der Waals surface area contributed by atoms with Gasteiger partial charge in [-0.1, -0.05) is 6.07 Å². The van der Waals surface area contributed by atoms with Crippen LogP contribution in [-0.2, 0) is 19.1 Å². The molecule has 1 aliphatic carbocycles.